The summed E-state index contributed by atoms with van der Waals surface area (Å²) in [7, 11) is 6.20. The third kappa shape index (κ3) is 3.93. The topological polar surface area (TPSA) is 53.4 Å². The minimum atomic E-state index is -0.0939. The average molecular weight is 377 g/mol. The number of fused-ring (bicyclic) bond motifs is 1. The summed E-state index contributed by atoms with van der Waals surface area (Å²) < 4.78 is 1.82. The highest BCUT2D eigenvalue weighted by Gasteiger charge is 2.23. The summed E-state index contributed by atoms with van der Waals surface area (Å²) >= 11 is 0. The Morgan fingerprint density at radius 3 is 2.71 bits per heavy atom. The quantitative estimate of drug-likeness (QED) is 0.743. The zero-order valence-electron chi connectivity index (χ0n) is 16.7. The van der Waals surface area contributed by atoms with Crippen LogP contribution in [0, 0.1) is 0 Å². The van der Waals surface area contributed by atoms with E-state index in [9.17, 15) is 4.79 Å². The summed E-state index contributed by atoms with van der Waals surface area (Å²) in [6.07, 6.45) is 3.02. The molecule has 0 bridgehead atoms. The largest absolute Gasteiger partial charge is 0.322 e. The third-order valence-electron chi connectivity index (χ3n) is 5.60. The third-order valence-corrected chi connectivity index (χ3v) is 5.60. The number of carbonyl (C=O) groups excluding carboxylic acids is 1. The Balaban J connectivity index is 1.38. The van der Waals surface area contributed by atoms with E-state index in [2.05, 4.69) is 46.4 Å². The van der Waals surface area contributed by atoms with E-state index in [1.54, 1.807) is 6.20 Å². The number of likely N-dealkylation sites (tertiary alicyclic amines) is 1. The van der Waals surface area contributed by atoms with E-state index in [0.717, 1.165) is 36.2 Å². The number of nitrogens with one attached hydrogen (secondary N) is 1. The van der Waals surface area contributed by atoms with E-state index in [4.69, 9.17) is 0 Å². The van der Waals surface area contributed by atoms with Crippen LogP contribution in [-0.2, 0) is 13.6 Å². The molecule has 1 fully saturated rings. The molecule has 1 unspecified atom stereocenters. The Bertz CT molecular complexity index is 976. The highest BCUT2D eigenvalue weighted by molar-refractivity contribution is 6.05. The minimum Gasteiger partial charge on any atom is -0.322 e. The molecule has 1 aliphatic rings. The lowest BCUT2D eigenvalue weighted by Crippen LogP contribution is -2.31. The van der Waals surface area contributed by atoms with Crippen LogP contribution in [0.2, 0.25) is 0 Å². The van der Waals surface area contributed by atoms with Crippen LogP contribution in [0.5, 0.6) is 0 Å². The molecular weight excluding hydrogens is 350 g/mol. The Hall–Kier alpha value is -2.70. The van der Waals surface area contributed by atoms with Crippen molar-refractivity contribution < 1.29 is 4.79 Å². The van der Waals surface area contributed by atoms with Crippen LogP contribution in [0.4, 0.5) is 5.69 Å². The molecule has 4 rings (SSSR count). The number of aryl methyl sites for hydroxylation is 1. The van der Waals surface area contributed by atoms with Gasteiger partial charge in [0.25, 0.3) is 5.91 Å². The molecule has 1 saturated heterocycles. The first kappa shape index (κ1) is 18.7. The lowest BCUT2D eigenvalue weighted by atomic mass is 10.1. The molecule has 0 spiro atoms. The molecule has 1 atom stereocenters. The molecule has 1 aromatic heterocycles. The Labute approximate surface area is 165 Å². The standard InChI is InChI=1S/C22H27N5O/c1-25(2)20-10-11-27(15-20)14-16-4-6-17(7-5-16)22(28)24-19-8-9-21-18(12-19)13-23-26(21)3/h4-9,12-13,20H,10-11,14-15H2,1-3H3,(H,24,28). The maximum absolute atomic E-state index is 12.6. The Morgan fingerprint density at radius 2 is 2.00 bits per heavy atom. The molecule has 0 saturated carbocycles. The van der Waals surface area contributed by atoms with Crippen LogP contribution < -0.4 is 5.32 Å². The predicted octanol–water partition coefficient (Wildman–Crippen LogP) is 2.96. The summed E-state index contributed by atoms with van der Waals surface area (Å²) in [4.78, 5) is 17.4. The zero-order valence-corrected chi connectivity index (χ0v) is 16.7. The van der Waals surface area contributed by atoms with Gasteiger partial charge in [0.2, 0.25) is 0 Å². The van der Waals surface area contributed by atoms with Gasteiger partial charge in [-0.2, -0.15) is 5.10 Å². The molecule has 2 aromatic carbocycles. The van der Waals surface area contributed by atoms with Crippen LogP contribution in [0.25, 0.3) is 10.9 Å². The first-order valence-corrected chi connectivity index (χ1v) is 9.70. The van der Waals surface area contributed by atoms with Crippen molar-refractivity contribution in [1.82, 2.24) is 19.6 Å². The van der Waals surface area contributed by atoms with Gasteiger partial charge in [-0.3, -0.25) is 14.4 Å². The van der Waals surface area contributed by atoms with Crippen molar-refractivity contribution in [3.05, 3.63) is 59.8 Å². The second-order valence-electron chi connectivity index (χ2n) is 7.83. The van der Waals surface area contributed by atoms with Gasteiger partial charge in [-0.05, 0) is 56.4 Å². The monoisotopic (exact) mass is 377 g/mol. The smallest absolute Gasteiger partial charge is 0.255 e. The maximum Gasteiger partial charge on any atom is 0.255 e. The van der Waals surface area contributed by atoms with E-state index < -0.39 is 0 Å². The molecule has 6 nitrogen and oxygen atoms in total. The molecule has 0 radical (unpaired) electrons. The van der Waals surface area contributed by atoms with Gasteiger partial charge < -0.3 is 10.2 Å². The van der Waals surface area contributed by atoms with Crippen molar-refractivity contribution in [2.75, 3.05) is 32.5 Å². The summed E-state index contributed by atoms with van der Waals surface area (Å²) in [6, 6.07) is 14.4. The molecule has 6 heteroatoms. The number of anilines is 1. The predicted molar refractivity (Wildman–Crippen MR) is 112 cm³/mol. The summed E-state index contributed by atoms with van der Waals surface area (Å²) in [6.45, 7) is 3.16. The number of hydrogen-bond donors (Lipinski definition) is 1. The van der Waals surface area contributed by atoms with Gasteiger partial charge in [0, 0.05) is 49.4 Å². The van der Waals surface area contributed by atoms with Gasteiger partial charge in [-0.15, -0.1) is 0 Å². The number of nitrogens with zero attached hydrogens (tertiary/aromatic N) is 4. The molecule has 3 aromatic rings. The molecule has 1 N–H and O–H groups in total. The van der Waals surface area contributed by atoms with E-state index >= 15 is 0 Å². The summed E-state index contributed by atoms with van der Waals surface area (Å²) in [5, 5.41) is 8.23. The number of aromatic nitrogens is 2. The first-order valence-electron chi connectivity index (χ1n) is 9.70. The van der Waals surface area contributed by atoms with Crippen molar-refractivity contribution in [3.63, 3.8) is 0 Å². The fourth-order valence-electron chi connectivity index (χ4n) is 3.84. The highest BCUT2D eigenvalue weighted by atomic mass is 16.1. The number of benzene rings is 2. The van der Waals surface area contributed by atoms with Crippen LogP contribution in [0.3, 0.4) is 0 Å². The lowest BCUT2D eigenvalue weighted by molar-refractivity contribution is 0.102. The van der Waals surface area contributed by atoms with Gasteiger partial charge in [0.1, 0.15) is 0 Å². The van der Waals surface area contributed by atoms with Crippen molar-refractivity contribution in [2.24, 2.45) is 7.05 Å². The Kier molecular flexibility index (Phi) is 5.15. The Morgan fingerprint density at radius 1 is 1.21 bits per heavy atom. The second-order valence-corrected chi connectivity index (χ2v) is 7.83. The van der Waals surface area contributed by atoms with E-state index in [1.165, 1.54) is 12.0 Å². The fourth-order valence-corrected chi connectivity index (χ4v) is 3.84. The first-order chi connectivity index (χ1) is 13.5. The van der Waals surface area contributed by atoms with Crippen molar-refractivity contribution in [2.45, 2.75) is 19.0 Å². The average Bonchev–Trinajstić information content (AvgIpc) is 3.29. The zero-order chi connectivity index (χ0) is 19.7. The maximum atomic E-state index is 12.6. The SMILES string of the molecule is CN(C)C1CCN(Cc2ccc(C(=O)Nc3ccc4c(cnn4C)c3)cc2)C1. The molecule has 28 heavy (non-hydrogen) atoms. The molecule has 2 heterocycles. The highest BCUT2D eigenvalue weighted by Crippen LogP contribution is 2.20. The molecule has 0 aliphatic carbocycles. The normalized spacial score (nSPS) is 17.5. The minimum absolute atomic E-state index is 0.0939. The van der Waals surface area contributed by atoms with Crippen molar-refractivity contribution >= 4 is 22.5 Å². The van der Waals surface area contributed by atoms with E-state index in [0.29, 0.717) is 11.6 Å². The van der Waals surface area contributed by atoms with Gasteiger partial charge in [-0.1, -0.05) is 12.1 Å². The van der Waals surface area contributed by atoms with Gasteiger partial charge in [-0.25, -0.2) is 0 Å². The second kappa shape index (κ2) is 7.73. The number of rotatable bonds is 5. The summed E-state index contributed by atoms with van der Waals surface area (Å²) in [5.41, 5.74) is 3.73. The summed E-state index contributed by atoms with van der Waals surface area (Å²) in [5.74, 6) is -0.0939. The molecule has 146 valence electrons. The van der Waals surface area contributed by atoms with Crippen LogP contribution >= 0.6 is 0 Å². The number of likely N-dealkylation sites (N-methyl/N-ethyl adjacent to an activating group) is 1. The van der Waals surface area contributed by atoms with Gasteiger partial charge >= 0.3 is 0 Å². The number of hydrogen-bond acceptors (Lipinski definition) is 4. The molecule has 1 aliphatic heterocycles. The number of amides is 1. The van der Waals surface area contributed by atoms with Crippen LogP contribution in [0.15, 0.2) is 48.7 Å². The van der Waals surface area contributed by atoms with Crippen molar-refractivity contribution in [1.29, 1.82) is 0 Å². The molecular formula is C22H27N5O. The number of carbonyl (C=O) groups is 1. The van der Waals surface area contributed by atoms with E-state index in [-0.39, 0.29) is 5.91 Å². The molecule has 1 amide bonds. The van der Waals surface area contributed by atoms with Gasteiger partial charge in [0.15, 0.2) is 0 Å². The fraction of sp³-hybridized carbons (Fsp3) is 0.364. The van der Waals surface area contributed by atoms with Crippen molar-refractivity contribution in [3.8, 4) is 0 Å². The van der Waals surface area contributed by atoms with E-state index in [1.807, 2.05) is 42.1 Å². The van der Waals surface area contributed by atoms with Crippen LogP contribution in [0.1, 0.15) is 22.3 Å². The van der Waals surface area contributed by atoms with Gasteiger partial charge in [0.05, 0.1) is 11.7 Å². The van der Waals surface area contributed by atoms with Crippen LogP contribution in [-0.4, -0.2) is 58.7 Å². The lowest BCUT2D eigenvalue weighted by Gasteiger charge is -2.20.